The Bertz CT molecular complexity index is 887. The minimum Gasteiger partial charge on any atom is -0.435 e. The topological polar surface area (TPSA) is 87.7 Å². The predicted octanol–water partition coefficient (Wildman–Crippen LogP) is 2.86. The first-order valence-corrected chi connectivity index (χ1v) is 9.23. The molecule has 0 aliphatic heterocycles. The van der Waals surface area contributed by atoms with Crippen molar-refractivity contribution < 1.29 is 26.7 Å². The molecule has 2 amide bonds. The summed E-state index contributed by atoms with van der Waals surface area (Å²) in [4.78, 5) is 12.1. The number of alkyl halides is 2. The van der Waals surface area contributed by atoms with Crippen molar-refractivity contribution in [2.24, 2.45) is 0 Å². The number of rotatable bonds is 7. The van der Waals surface area contributed by atoms with Gasteiger partial charge >= 0.3 is 12.6 Å². The summed E-state index contributed by atoms with van der Waals surface area (Å²) < 4.78 is 53.8. The van der Waals surface area contributed by atoms with Crippen LogP contribution in [-0.4, -0.2) is 39.5 Å². The van der Waals surface area contributed by atoms with E-state index in [-0.39, 0.29) is 22.9 Å². The number of amides is 2. The van der Waals surface area contributed by atoms with Gasteiger partial charge in [0.1, 0.15) is 5.75 Å². The first kappa shape index (κ1) is 20.6. The van der Waals surface area contributed by atoms with Crippen molar-refractivity contribution >= 4 is 21.7 Å². The minimum absolute atomic E-state index is 0.0690. The molecule has 0 atom stereocenters. The van der Waals surface area contributed by atoms with E-state index >= 15 is 0 Å². The van der Waals surface area contributed by atoms with Crippen LogP contribution in [0.3, 0.4) is 0 Å². The maximum atomic E-state index is 12.2. The second-order valence-corrected chi connectivity index (χ2v) is 7.80. The number of sulfonamides is 1. The van der Waals surface area contributed by atoms with Gasteiger partial charge in [-0.3, -0.25) is 0 Å². The van der Waals surface area contributed by atoms with Crippen LogP contribution in [0.2, 0.25) is 0 Å². The zero-order valence-electron chi connectivity index (χ0n) is 14.6. The Morgan fingerprint density at radius 1 is 1.15 bits per heavy atom. The Morgan fingerprint density at radius 2 is 1.81 bits per heavy atom. The fraction of sp³-hybridized carbons (Fsp3) is 0.235. The number of carbonyl (C=O) groups is 1. The van der Waals surface area contributed by atoms with Gasteiger partial charge < -0.3 is 15.4 Å². The third-order valence-corrected chi connectivity index (χ3v) is 5.30. The van der Waals surface area contributed by atoms with Gasteiger partial charge in [0.2, 0.25) is 10.0 Å². The number of carbonyl (C=O) groups excluding carboxylic acids is 1. The highest BCUT2D eigenvalue weighted by Gasteiger charge is 2.16. The lowest BCUT2D eigenvalue weighted by Crippen LogP contribution is -2.28. The summed E-state index contributed by atoms with van der Waals surface area (Å²) in [5.74, 6) is -0.0690. The van der Waals surface area contributed by atoms with E-state index in [1.807, 2.05) is 0 Å². The summed E-state index contributed by atoms with van der Waals surface area (Å²) in [5, 5.41) is 5.09. The van der Waals surface area contributed by atoms with Crippen LogP contribution in [0, 0.1) is 0 Å². The van der Waals surface area contributed by atoms with Gasteiger partial charge in [0.05, 0.1) is 4.90 Å². The van der Waals surface area contributed by atoms with Gasteiger partial charge in [0.15, 0.2) is 0 Å². The van der Waals surface area contributed by atoms with Crippen molar-refractivity contribution in [3.63, 3.8) is 0 Å². The largest absolute Gasteiger partial charge is 0.435 e. The third-order valence-electron chi connectivity index (χ3n) is 3.47. The van der Waals surface area contributed by atoms with Gasteiger partial charge in [-0.1, -0.05) is 18.2 Å². The van der Waals surface area contributed by atoms with Crippen LogP contribution in [0.1, 0.15) is 5.56 Å². The molecule has 7 nitrogen and oxygen atoms in total. The average molecular weight is 399 g/mol. The summed E-state index contributed by atoms with van der Waals surface area (Å²) in [5.41, 5.74) is 0.982. The normalized spacial score (nSPS) is 11.5. The highest BCUT2D eigenvalue weighted by molar-refractivity contribution is 7.89. The molecule has 0 bridgehead atoms. The lowest BCUT2D eigenvalue weighted by atomic mass is 10.2. The maximum Gasteiger partial charge on any atom is 0.387 e. The van der Waals surface area contributed by atoms with Crippen LogP contribution < -0.4 is 15.4 Å². The van der Waals surface area contributed by atoms with Crippen LogP contribution in [0.25, 0.3) is 0 Å². The van der Waals surface area contributed by atoms with E-state index in [0.717, 1.165) is 4.31 Å². The molecule has 0 aliphatic rings. The molecule has 0 unspecified atom stereocenters. The molecule has 10 heteroatoms. The molecular weight excluding hydrogens is 380 g/mol. The number of hydrogen-bond acceptors (Lipinski definition) is 4. The molecule has 27 heavy (non-hydrogen) atoms. The highest BCUT2D eigenvalue weighted by atomic mass is 32.2. The second-order valence-electron chi connectivity index (χ2n) is 5.65. The molecule has 2 aromatic carbocycles. The minimum atomic E-state index is -3.51. The van der Waals surface area contributed by atoms with Crippen molar-refractivity contribution in [3.05, 3.63) is 54.1 Å². The number of halogens is 2. The van der Waals surface area contributed by atoms with Gasteiger partial charge in [-0.15, -0.1) is 0 Å². The summed E-state index contributed by atoms with van der Waals surface area (Å²) >= 11 is 0. The van der Waals surface area contributed by atoms with Gasteiger partial charge in [-0.2, -0.15) is 8.78 Å². The quantitative estimate of drug-likeness (QED) is 0.750. The molecule has 0 saturated heterocycles. The van der Waals surface area contributed by atoms with Crippen LogP contribution in [0.15, 0.2) is 53.4 Å². The SMILES string of the molecule is CN(C)S(=O)(=O)c1ccc(CNC(=O)Nc2cccc(OC(F)F)c2)cc1. The monoisotopic (exact) mass is 399 g/mol. The van der Waals surface area contributed by atoms with Crippen LogP contribution in [0.4, 0.5) is 19.3 Å². The maximum absolute atomic E-state index is 12.2. The Hall–Kier alpha value is -2.72. The van der Waals surface area contributed by atoms with E-state index < -0.39 is 22.7 Å². The number of anilines is 1. The van der Waals surface area contributed by atoms with E-state index in [2.05, 4.69) is 15.4 Å². The smallest absolute Gasteiger partial charge is 0.387 e. The number of ether oxygens (including phenoxy) is 1. The first-order chi connectivity index (χ1) is 12.7. The molecule has 2 rings (SSSR count). The highest BCUT2D eigenvalue weighted by Crippen LogP contribution is 2.19. The van der Waals surface area contributed by atoms with Crippen molar-refractivity contribution in [1.29, 1.82) is 0 Å². The Labute approximate surface area is 156 Å². The molecule has 2 aromatic rings. The van der Waals surface area contributed by atoms with E-state index in [0.29, 0.717) is 5.56 Å². The molecule has 0 heterocycles. The summed E-state index contributed by atoms with van der Waals surface area (Å²) in [6, 6.07) is 11.2. The third kappa shape index (κ3) is 5.90. The lowest BCUT2D eigenvalue weighted by Gasteiger charge is -2.12. The predicted molar refractivity (Wildman–Crippen MR) is 96.2 cm³/mol. The number of benzene rings is 2. The van der Waals surface area contributed by atoms with Crippen LogP contribution in [-0.2, 0) is 16.6 Å². The molecule has 146 valence electrons. The molecule has 2 N–H and O–H groups in total. The number of nitrogens with zero attached hydrogens (tertiary/aromatic N) is 1. The molecule has 0 aliphatic carbocycles. The Morgan fingerprint density at radius 3 is 2.41 bits per heavy atom. The van der Waals surface area contributed by atoms with Crippen LogP contribution in [0.5, 0.6) is 5.75 Å². The number of hydrogen-bond donors (Lipinski definition) is 2. The first-order valence-electron chi connectivity index (χ1n) is 7.79. The number of urea groups is 1. The fourth-order valence-corrected chi connectivity index (χ4v) is 3.00. The molecule has 0 saturated carbocycles. The van der Waals surface area contributed by atoms with E-state index in [4.69, 9.17) is 0 Å². The standard InChI is InChI=1S/C17H19F2N3O4S/c1-22(2)27(24,25)15-8-6-12(7-9-15)11-20-17(23)21-13-4-3-5-14(10-13)26-16(18)19/h3-10,16H,11H2,1-2H3,(H2,20,21,23). The molecule has 0 radical (unpaired) electrons. The Balaban J connectivity index is 1.92. The van der Waals surface area contributed by atoms with E-state index in [9.17, 15) is 22.0 Å². The number of nitrogens with one attached hydrogen (secondary N) is 2. The molecule has 0 spiro atoms. The van der Waals surface area contributed by atoms with Crippen LogP contribution >= 0.6 is 0 Å². The molecule has 0 fully saturated rings. The summed E-state index contributed by atoms with van der Waals surface area (Å²) in [6.07, 6.45) is 0. The zero-order valence-corrected chi connectivity index (χ0v) is 15.5. The van der Waals surface area contributed by atoms with Crippen molar-refractivity contribution in [1.82, 2.24) is 9.62 Å². The summed E-state index contributed by atoms with van der Waals surface area (Å²) in [6.45, 7) is -2.80. The molecule has 0 aromatic heterocycles. The van der Waals surface area contributed by atoms with Gasteiger partial charge in [0.25, 0.3) is 0 Å². The van der Waals surface area contributed by atoms with Gasteiger partial charge in [-0.05, 0) is 29.8 Å². The fourth-order valence-electron chi connectivity index (χ4n) is 2.10. The van der Waals surface area contributed by atoms with Gasteiger partial charge in [0, 0.05) is 32.4 Å². The second kappa shape index (κ2) is 8.78. The van der Waals surface area contributed by atoms with E-state index in [1.165, 1.54) is 50.5 Å². The van der Waals surface area contributed by atoms with Crippen molar-refractivity contribution in [3.8, 4) is 5.75 Å². The Kier molecular flexibility index (Phi) is 6.70. The van der Waals surface area contributed by atoms with Gasteiger partial charge in [-0.25, -0.2) is 17.5 Å². The van der Waals surface area contributed by atoms with Crippen molar-refractivity contribution in [2.45, 2.75) is 18.1 Å². The molecular formula is C17H19F2N3O4S. The zero-order chi connectivity index (χ0) is 20.0. The lowest BCUT2D eigenvalue weighted by molar-refractivity contribution is -0.0498. The average Bonchev–Trinajstić information content (AvgIpc) is 2.60. The van der Waals surface area contributed by atoms with Crippen molar-refractivity contribution in [2.75, 3.05) is 19.4 Å². The van der Waals surface area contributed by atoms with E-state index in [1.54, 1.807) is 12.1 Å². The summed E-state index contributed by atoms with van der Waals surface area (Å²) in [7, 11) is -0.628.